The standard InChI is InChI=1S/2C10H12O.2C5H5.Zr/c2*1-3-5-9-7-4-6-8(2)10(9)11;2*1-2-4-5-3-1;/h2*3-4,6-7,11H,1,5H2,2H3;2*1-5H;/q;;2*-1;+2. The molecule has 0 unspecified atom stereocenters. The van der Waals surface area contributed by atoms with Crippen LogP contribution in [0, 0.1) is 13.8 Å². The Bertz CT molecular complexity index is 882. The summed E-state index contributed by atoms with van der Waals surface area (Å²) in [5, 5.41) is 19.0. The second kappa shape index (κ2) is 18.7. The van der Waals surface area contributed by atoms with Crippen LogP contribution >= 0.6 is 0 Å². The average Bonchev–Trinajstić information content (AvgIpc) is 3.55. The summed E-state index contributed by atoms with van der Waals surface area (Å²) in [4.78, 5) is 0. The molecule has 0 aliphatic rings. The molecule has 3 heteroatoms. The Hall–Kier alpha value is -2.90. The first-order valence-electron chi connectivity index (χ1n) is 10.6. The molecule has 4 aromatic carbocycles. The van der Waals surface area contributed by atoms with Gasteiger partial charge in [0, 0.05) is 0 Å². The van der Waals surface area contributed by atoms with E-state index in [1.54, 1.807) is 12.2 Å². The summed E-state index contributed by atoms with van der Waals surface area (Å²) in [6.07, 6.45) is 5.03. The summed E-state index contributed by atoms with van der Waals surface area (Å²) in [5.74, 6) is 0.791. The van der Waals surface area contributed by atoms with Gasteiger partial charge in [-0.15, -0.1) is 13.2 Å². The minimum Gasteiger partial charge on any atom is -0.507 e. The van der Waals surface area contributed by atoms with E-state index in [2.05, 4.69) is 13.2 Å². The van der Waals surface area contributed by atoms with Crippen LogP contribution in [0.25, 0.3) is 0 Å². The molecular weight excluding hydrogens is 484 g/mol. The summed E-state index contributed by atoms with van der Waals surface area (Å²) in [6, 6.07) is 31.5. The van der Waals surface area contributed by atoms with Crippen molar-refractivity contribution in [2.75, 3.05) is 0 Å². The van der Waals surface area contributed by atoms with Crippen LogP contribution < -0.4 is 0 Å². The SMILES string of the molecule is C=CCc1cccc(C)c1O.C=CCc1cccc(C)c1O.[Zr+2].c1cc[cH-]c1.c1cc[cH-]c1. The van der Waals surface area contributed by atoms with E-state index in [9.17, 15) is 10.2 Å². The van der Waals surface area contributed by atoms with Crippen LogP contribution in [0.2, 0.25) is 0 Å². The molecule has 33 heavy (non-hydrogen) atoms. The minimum absolute atomic E-state index is 0. The molecule has 0 spiro atoms. The molecule has 2 N–H and O–H groups in total. The smallest absolute Gasteiger partial charge is 0.507 e. The molecule has 0 bridgehead atoms. The fourth-order valence-corrected chi connectivity index (χ4v) is 2.72. The number of aryl methyl sites for hydroxylation is 2. The van der Waals surface area contributed by atoms with Gasteiger partial charge in [-0.05, 0) is 48.9 Å². The maximum Gasteiger partial charge on any atom is 2.00 e. The maximum absolute atomic E-state index is 9.48. The van der Waals surface area contributed by atoms with Gasteiger partial charge in [0.05, 0.1) is 0 Å². The Morgan fingerprint density at radius 2 is 0.970 bits per heavy atom. The molecule has 2 nitrogen and oxygen atoms in total. The number of aromatic hydroxyl groups is 2. The molecule has 0 aliphatic carbocycles. The van der Waals surface area contributed by atoms with Gasteiger partial charge in [-0.3, -0.25) is 0 Å². The summed E-state index contributed by atoms with van der Waals surface area (Å²) >= 11 is 0. The molecule has 4 aromatic rings. The van der Waals surface area contributed by atoms with Gasteiger partial charge in [0.15, 0.2) is 0 Å². The van der Waals surface area contributed by atoms with Crippen LogP contribution in [0.3, 0.4) is 0 Å². The van der Waals surface area contributed by atoms with Gasteiger partial charge in [0.1, 0.15) is 11.5 Å². The molecule has 0 amide bonds. The second-order valence-electron chi connectivity index (χ2n) is 7.08. The van der Waals surface area contributed by atoms with E-state index >= 15 is 0 Å². The Morgan fingerprint density at radius 3 is 1.21 bits per heavy atom. The zero-order valence-electron chi connectivity index (χ0n) is 19.6. The van der Waals surface area contributed by atoms with Gasteiger partial charge in [-0.25, -0.2) is 24.3 Å². The van der Waals surface area contributed by atoms with Gasteiger partial charge in [-0.2, -0.15) is 36.4 Å². The molecule has 0 radical (unpaired) electrons. The number of para-hydroxylation sites is 2. The zero-order chi connectivity index (χ0) is 23.6. The number of phenols is 2. The predicted molar refractivity (Wildman–Crippen MR) is 138 cm³/mol. The first-order valence-corrected chi connectivity index (χ1v) is 10.6. The van der Waals surface area contributed by atoms with Crippen molar-refractivity contribution in [2.45, 2.75) is 26.7 Å². The summed E-state index contributed by atoms with van der Waals surface area (Å²) in [6.45, 7) is 11.0. The number of benzene rings is 2. The Balaban J connectivity index is 0.000000434. The Kier molecular flexibility index (Phi) is 17.0. The van der Waals surface area contributed by atoms with Crippen LogP contribution in [0.1, 0.15) is 22.3 Å². The molecule has 170 valence electrons. The summed E-state index contributed by atoms with van der Waals surface area (Å²) in [7, 11) is 0. The van der Waals surface area contributed by atoms with Crippen molar-refractivity contribution in [3.63, 3.8) is 0 Å². The Labute approximate surface area is 218 Å². The third-order valence-electron chi connectivity index (χ3n) is 4.48. The fraction of sp³-hybridized carbons (Fsp3) is 0.133. The van der Waals surface area contributed by atoms with Crippen LogP contribution in [-0.2, 0) is 39.0 Å². The van der Waals surface area contributed by atoms with Gasteiger partial charge >= 0.3 is 26.2 Å². The van der Waals surface area contributed by atoms with Gasteiger partial charge in [-0.1, -0.05) is 48.6 Å². The summed E-state index contributed by atoms with van der Waals surface area (Å²) < 4.78 is 0. The number of hydrogen-bond donors (Lipinski definition) is 2. The largest absolute Gasteiger partial charge is 2.00 e. The van der Waals surface area contributed by atoms with Crippen molar-refractivity contribution in [2.24, 2.45) is 0 Å². The molecule has 4 rings (SSSR count). The van der Waals surface area contributed by atoms with E-state index in [4.69, 9.17) is 0 Å². The van der Waals surface area contributed by atoms with Crippen molar-refractivity contribution in [1.29, 1.82) is 0 Å². The summed E-state index contributed by atoms with van der Waals surface area (Å²) in [5.41, 5.74) is 3.73. The fourth-order valence-electron chi connectivity index (χ4n) is 2.72. The third kappa shape index (κ3) is 12.7. The number of rotatable bonds is 4. The van der Waals surface area contributed by atoms with Gasteiger partial charge in [0.25, 0.3) is 0 Å². The maximum atomic E-state index is 9.48. The van der Waals surface area contributed by atoms with Crippen molar-refractivity contribution in [3.8, 4) is 11.5 Å². The second-order valence-corrected chi connectivity index (χ2v) is 7.08. The van der Waals surface area contributed by atoms with E-state index in [0.717, 1.165) is 35.1 Å². The van der Waals surface area contributed by atoms with Crippen molar-refractivity contribution in [3.05, 3.63) is 145 Å². The van der Waals surface area contributed by atoms with E-state index in [0.29, 0.717) is 11.5 Å². The van der Waals surface area contributed by atoms with E-state index in [1.165, 1.54) is 0 Å². The van der Waals surface area contributed by atoms with Crippen LogP contribution in [0.15, 0.2) is 122 Å². The third-order valence-corrected chi connectivity index (χ3v) is 4.48. The molecule has 0 aromatic heterocycles. The van der Waals surface area contributed by atoms with Gasteiger partial charge in [0.2, 0.25) is 0 Å². The van der Waals surface area contributed by atoms with Gasteiger partial charge < -0.3 is 10.2 Å². The Morgan fingerprint density at radius 1 is 0.636 bits per heavy atom. The quantitative estimate of drug-likeness (QED) is 0.215. The van der Waals surface area contributed by atoms with E-state index in [1.807, 2.05) is 111 Å². The molecule has 0 heterocycles. The monoisotopic (exact) mass is 516 g/mol. The predicted octanol–water partition coefficient (Wildman–Crippen LogP) is 7.67. The first-order chi connectivity index (χ1) is 15.5. The normalized spacial score (nSPS) is 8.79. The topological polar surface area (TPSA) is 40.5 Å². The molecule has 0 aliphatic heterocycles. The average molecular weight is 518 g/mol. The zero-order valence-corrected chi connectivity index (χ0v) is 22.1. The van der Waals surface area contributed by atoms with Crippen LogP contribution in [-0.4, -0.2) is 10.2 Å². The number of hydrogen-bond acceptors (Lipinski definition) is 2. The first kappa shape index (κ1) is 30.1. The molecule has 0 saturated carbocycles. The van der Waals surface area contributed by atoms with Crippen molar-refractivity contribution < 1.29 is 36.4 Å². The molecular formula is C30H34O2Zr. The van der Waals surface area contributed by atoms with Crippen LogP contribution in [0.5, 0.6) is 11.5 Å². The van der Waals surface area contributed by atoms with E-state index < -0.39 is 0 Å². The van der Waals surface area contributed by atoms with E-state index in [-0.39, 0.29) is 26.2 Å². The molecule has 0 atom stereocenters. The number of phenolic OH excluding ortho intramolecular Hbond substituents is 2. The molecule has 0 fully saturated rings. The molecule has 0 saturated heterocycles. The minimum atomic E-state index is 0. The van der Waals surface area contributed by atoms with Crippen molar-refractivity contribution in [1.82, 2.24) is 0 Å². The van der Waals surface area contributed by atoms with Crippen molar-refractivity contribution >= 4 is 0 Å². The number of allylic oxidation sites excluding steroid dienone is 2. The van der Waals surface area contributed by atoms with Crippen LogP contribution in [0.4, 0.5) is 0 Å².